The van der Waals surface area contributed by atoms with Crippen molar-refractivity contribution in [2.24, 2.45) is 0 Å². The van der Waals surface area contributed by atoms with E-state index in [0.717, 1.165) is 83.8 Å². The monoisotopic (exact) mass is 978 g/mol. The van der Waals surface area contributed by atoms with Crippen molar-refractivity contribution >= 4 is 45.1 Å². The van der Waals surface area contributed by atoms with Crippen LogP contribution in [0.4, 0.5) is 0 Å². The van der Waals surface area contributed by atoms with E-state index in [2.05, 4.69) is 66.6 Å². The molecule has 0 bridgehead atoms. The number of likely N-dealkylation sites (tertiary alicyclic amines) is 2. The smallest absolute Gasteiger partial charge is 0.283 e. The standard InChI is InChI=1S/C26H28ClN3O5.C26H28ClN3O4/c1-16-5-6-18(11-21(16)27)17-7-9-30(10-8-17)13-19(32)15-33-22-3-2-4-23-20(22)12-24(34-23)26-29-28-25(14-31)35-26;1-16-6-7-19(12-22(16)27)18-8-10-30(11-9-18)14-20(31)15-32-23-4-3-5-24-21(23)13-25(34-24)26-29-28-17(2)33-26/h2-6,11-12,17,19,31-32H,7-10,13-15H2,1H3;3-7,12-13,18,20,31H,8-11,14-15H2,1-2H3/t19-;20-/m00/s1. The van der Waals surface area contributed by atoms with Crippen molar-refractivity contribution in [3.63, 3.8) is 0 Å². The summed E-state index contributed by atoms with van der Waals surface area (Å²) in [6.45, 7) is 10.7. The normalized spacial score (nSPS) is 16.2. The molecular formula is C52H56Cl2N6O9. The number of ether oxygens (including phenoxy) is 2. The number of hydrogen-bond donors (Lipinski definition) is 3. The number of halogens is 2. The van der Waals surface area contributed by atoms with Crippen LogP contribution in [-0.4, -0.2) is 110 Å². The zero-order valence-corrected chi connectivity index (χ0v) is 40.3. The summed E-state index contributed by atoms with van der Waals surface area (Å²) in [6.07, 6.45) is 2.98. The summed E-state index contributed by atoms with van der Waals surface area (Å²) in [6, 6.07) is 27.4. The van der Waals surface area contributed by atoms with Gasteiger partial charge >= 0.3 is 0 Å². The van der Waals surface area contributed by atoms with Crippen LogP contribution in [0.3, 0.4) is 0 Å². The number of aromatic nitrogens is 4. The van der Waals surface area contributed by atoms with Crippen molar-refractivity contribution in [2.45, 2.75) is 77.1 Å². The number of piperidine rings is 2. The first kappa shape index (κ1) is 48.3. The summed E-state index contributed by atoms with van der Waals surface area (Å²) in [5, 5.41) is 49.1. The summed E-state index contributed by atoms with van der Waals surface area (Å²) in [5.41, 5.74) is 6.08. The van der Waals surface area contributed by atoms with Crippen molar-refractivity contribution in [2.75, 3.05) is 52.5 Å². The zero-order valence-electron chi connectivity index (χ0n) is 38.8. The number of fused-ring (bicyclic) bond motifs is 2. The van der Waals surface area contributed by atoms with Crippen LogP contribution in [-0.2, 0) is 6.61 Å². The molecule has 8 aromatic rings. The highest BCUT2D eigenvalue weighted by Crippen LogP contribution is 2.36. The average molecular weight is 980 g/mol. The fraction of sp³-hybridized carbons (Fsp3) is 0.385. The number of nitrogens with zero attached hydrogens (tertiary/aromatic N) is 6. The van der Waals surface area contributed by atoms with Crippen molar-refractivity contribution in [3.8, 4) is 34.8 Å². The third kappa shape index (κ3) is 11.8. The number of rotatable bonds is 15. The molecule has 3 N–H and O–H groups in total. The molecule has 0 unspecified atom stereocenters. The largest absolute Gasteiger partial charge is 0.490 e. The van der Waals surface area contributed by atoms with Crippen LogP contribution in [0.2, 0.25) is 10.0 Å². The van der Waals surface area contributed by atoms with E-state index in [-0.39, 0.29) is 31.6 Å². The molecule has 15 nitrogen and oxygen atoms in total. The van der Waals surface area contributed by atoms with E-state index in [4.69, 9.17) is 55.5 Å². The lowest BCUT2D eigenvalue weighted by molar-refractivity contribution is 0.0598. The number of aryl methyl sites for hydroxylation is 3. The Labute approximate surface area is 409 Å². The fourth-order valence-electron chi connectivity index (χ4n) is 9.04. The molecule has 2 fully saturated rings. The quantitative estimate of drug-likeness (QED) is 0.0879. The maximum absolute atomic E-state index is 10.6. The number of hydrogen-bond acceptors (Lipinski definition) is 15. The van der Waals surface area contributed by atoms with Crippen molar-refractivity contribution in [3.05, 3.63) is 129 Å². The van der Waals surface area contributed by atoms with Crippen molar-refractivity contribution in [1.82, 2.24) is 30.2 Å². The molecule has 2 aliphatic heterocycles. The van der Waals surface area contributed by atoms with E-state index in [9.17, 15) is 10.2 Å². The minimum absolute atomic E-state index is 0.117. The van der Waals surface area contributed by atoms with Gasteiger partial charge in [-0.15, -0.1) is 20.4 Å². The number of aliphatic hydroxyl groups excluding tert-OH is 3. The van der Waals surface area contributed by atoms with E-state index in [1.807, 2.05) is 56.3 Å². The van der Waals surface area contributed by atoms with Crippen LogP contribution in [0.1, 0.15) is 71.6 Å². The van der Waals surface area contributed by atoms with Gasteiger partial charge in [-0.2, -0.15) is 0 Å². The maximum Gasteiger partial charge on any atom is 0.283 e. The van der Waals surface area contributed by atoms with Gasteiger partial charge in [-0.25, -0.2) is 0 Å². The predicted octanol–water partition coefficient (Wildman–Crippen LogP) is 9.93. The highest BCUT2D eigenvalue weighted by Gasteiger charge is 2.25. The van der Waals surface area contributed by atoms with Crippen LogP contribution in [0.15, 0.2) is 103 Å². The molecule has 0 amide bonds. The Morgan fingerprint density at radius 1 is 0.594 bits per heavy atom. The molecule has 6 heterocycles. The minimum atomic E-state index is -0.620. The van der Waals surface area contributed by atoms with Gasteiger partial charge in [0, 0.05) is 42.2 Å². The second-order valence-corrected chi connectivity index (χ2v) is 18.8. The third-order valence-electron chi connectivity index (χ3n) is 12.9. The molecule has 4 aromatic heterocycles. The first-order valence-corrected chi connectivity index (χ1v) is 24.1. The van der Waals surface area contributed by atoms with Gasteiger partial charge in [0.25, 0.3) is 11.8 Å². The minimum Gasteiger partial charge on any atom is -0.490 e. The van der Waals surface area contributed by atoms with Crippen LogP contribution < -0.4 is 9.47 Å². The summed E-state index contributed by atoms with van der Waals surface area (Å²) < 4.78 is 34.4. The molecule has 0 radical (unpaired) electrons. The van der Waals surface area contributed by atoms with Gasteiger partial charge in [0.1, 0.15) is 54.7 Å². The maximum atomic E-state index is 10.6. The molecule has 0 saturated carbocycles. The first-order chi connectivity index (χ1) is 33.5. The molecule has 362 valence electrons. The Kier molecular flexibility index (Phi) is 15.3. The van der Waals surface area contributed by atoms with Gasteiger partial charge in [-0.05, 0) is 136 Å². The second kappa shape index (κ2) is 21.9. The van der Waals surface area contributed by atoms with Crippen molar-refractivity contribution in [1.29, 1.82) is 0 Å². The molecule has 0 aliphatic carbocycles. The molecule has 10 rings (SSSR count). The van der Waals surface area contributed by atoms with Gasteiger partial charge < -0.3 is 52.3 Å². The Bertz CT molecular complexity index is 2970. The topological polar surface area (TPSA) is 190 Å². The predicted molar refractivity (Wildman–Crippen MR) is 262 cm³/mol. The van der Waals surface area contributed by atoms with Crippen LogP contribution >= 0.6 is 23.2 Å². The van der Waals surface area contributed by atoms with Gasteiger partial charge in [0.15, 0.2) is 11.5 Å². The van der Waals surface area contributed by atoms with Gasteiger partial charge in [-0.3, -0.25) is 0 Å². The van der Waals surface area contributed by atoms with Gasteiger partial charge in [0.2, 0.25) is 11.8 Å². The summed E-state index contributed by atoms with van der Waals surface area (Å²) >= 11 is 12.6. The molecule has 17 heteroatoms. The Balaban J connectivity index is 0.000000172. The Morgan fingerprint density at radius 2 is 1.06 bits per heavy atom. The number of aliphatic hydroxyl groups is 3. The lowest BCUT2D eigenvalue weighted by Gasteiger charge is -2.33. The number of benzene rings is 4. The molecule has 2 saturated heterocycles. The van der Waals surface area contributed by atoms with E-state index in [1.165, 1.54) is 11.1 Å². The second-order valence-electron chi connectivity index (χ2n) is 17.9. The van der Waals surface area contributed by atoms with E-state index < -0.39 is 12.2 Å². The van der Waals surface area contributed by atoms with E-state index in [0.29, 0.717) is 70.9 Å². The van der Waals surface area contributed by atoms with Crippen molar-refractivity contribution < 1.29 is 42.5 Å². The Hall–Kier alpha value is -5.78. The van der Waals surface area contributed by atoms with Gasteiger partial charge in [0.05, 0.1) is 10.8 Å². The first-order valence-electron chi connectivity index (χ1n) is 23.3. The SMILES string of the molecule is Cc1ccc(C2CCN(C[C@H](O)COc3cccc4oc(-c5nnc(CO)o5)cc34)CC2)cc1Cl.Cc1nnc(-c2cc3c(OC[C@@H](O)CN4CCC(c5ccc(C)c(Cl)c5)CC4)cccc3o2)o1. The number of β-amino-alcohol motifs (C(OH)–C–C–N with tert-alkyl or cyclic N) is 2. The number of furan rings is 2. The molecule has 69 heavy (non-hydrogen) atoms. The summed E-state index contributed by atoms with van der Waals surface area (Å²) in [5.74, 6) is 4.26. The molecule has 4 aromatic carbocycles. The molecular weight excluding hydrogens is 924 g/mol. The zero-order chi connectivity index (χ0) is 48.0. The van der Waals surface area contributed by atoms with Crippen LogP contribution in [0.25, 0.3) is 45.2 Å². The highest BCUT2D eigenvalue weighted by molar-refractivity contribution is 6.31. The average Bonchev–Trinajstić information content (AvgIpc) is 4.20. The highest BCUT2D eigenvalue weighted by atomic mass is 35.5. The molecule has 0 spiro atoms. The Morgan fingerprint density at radius 3 is 1.48 bits per heavy atom. The summed E-state index contributed by atoms with van der Waals surface area (Å²) in [4.78, 5) is 4.58. The van der Waals surface area contributed by atoms with Gasteiger partial charge in [-0.1, -0.05) is 59.6 Å². The summed E-state index contributed by atoms with van der Waals surface area (Å²) in [7, 11) is 0. The lowest BCUT2D eigenvalue weighted by Crippen LogP contribution is -2.40. The lowest BCUT2D eigenvalue weighted by atomic mass is 9.89. The molecule has 2 aliphatic rings. The van der Waals surface area contributed by atoms with E-state index in [1.54, 1.807) is 13.0 Å². The van der Waals surface area contributed by atoms with Crippen LogP contribution in [0, 0.1) is 20.8 Å². The van der Waals surface area contributed by atoms with E-state index >= 15 is 0 Å². The van der Waals surface area contributed by atoms with Crippen LogP contribution in [0.5, 0.6) is 11.5 Å². The third-order valence-corrected chi connectivity index (χ3v) is 13.7. The fourth-order valence-corrected chi connectivity index (χ4v) is 9.42. The molecule has 2 atom stereocenters.